The molecular weight excluding hydrogens is 339 g/mol. The normalized spacial score (nSPS) is 16.9. The van der Waals surface area contributed by atoms with Gasteiger partial charge in [0.05, 0.1) is 12.6 Å². The van der Waals surface area contributed by atoms with Crippen molar-refractivity contribution in [3.63, 3.8) is 0 Å². The first-order valence-electron chi connectivity index (χ1n) is 8.36. The van der Waals surface area contributed by atoms with Gasteiger partial charge in [-0.2, -0.15) is 0 Å². The van der Waals surface area contributed by atoms with Crippen LogP contribution in [0.5, 0.6) is 11.5 Å². The van der Waals surface area contributed by atoms with Crippen LogP contribution in [-0.4, -0.2) is 25.2 Å². The number of halogens is 1. The fraction of sp³-hybridized carbons (Fsp3) is 0.263. The molecule has 2 aliphatic rings. The van der Waals surface area contributed by atoms with Gasteiger partial charge in [0.25, 0.3) is 5.91 Å². The minimum atomic E-state index is -0.378. The highest BCUT2D eigenvalue weighted by Gasteiger charge is 2.26. The Kier molecular flexibility index (Phi) is 4.20. The van der Waals surface area contributed by atoms with Crippen molar-refractivity contribution in [1.82, 2.24) is 10.6 Å². The van der Waals surface area contributed by atoms with E-state index in [1.807, 2.05) is 6.07 Å². The van der Waals surface area contributed by atoms with Crippen molar-refractivity contribution in [3.8, 4) is 11.5 Å². The lowest BCUT2D eigenvalue weighted by atomic mass is 10.1. The minimum Gasteiger partial charge on any atom is -0.454 e. The smallest absolute Gasteiger partial charge is 0.251 e. The number of ether oxygens (including phenoxy) is 2. The standard InChI is InChI=1S/C19H17FN2O4/c20-14-3-1-2-13-12(14)5-6-15(13)22-18(23)9-21-19(24)11-4-7-16-17(8-11)26-10-25-16/h1-4,7-8,15H,5-6,9-10H2,(H,21,24)(H,22,23). The van der Waals surface area contributed by atoms with Crippen molar-refractivity contribution in [3.05, 3.63) is 58.9 Å². The molecule has 2 amide bonds. The Bertz CT molecular complexity index is 884. The summed E-state index contributed by atoms with van der Waals surface area (Å²) in [6.07, 6.45) is 1.24. The number of hydrogen-bond donors (Lipinski definition) is 2. The van der Waals surface area contributed by atoms with E-state index in [1.165, 1.54) is 6.07 Å². The van der Waals surface area contributed by atoms with Gasteiger partial charge in [0.15, 0.2) is 11.5 Å². The van der Waals surface area contributed by atoms with Crippen molar-refractivity contribution in [2.24, 2.45) is 0 Å². The number of amides is 2. The lowest BCUT2D eigenvalue weighted by molar-refractivity contribution is -0.120. The third kappa shape index (κ3) is 3.08. The zero-order valence-corrected chi connectivity index (χ0v) is 13.9. The number of fused-ring (bicyclic) bond motifs is 2. The summed E-state index contributed by atoms with van der Waals surface area (Å²) in [5, 5.41) is 5.42. The third-order valence-electron chi connectivity index (χ3n) is 4.59. The van der Waals surface area contributed by atoms with Crippen molar-refractivity contribution in [2.45, 2.75) is 18.9 Å². The summed E-state index contributed by atoms with van der Waals surface area (Å²) >= 11 is 0. The van der Waals surface area contributed by atoms with E-state index in [2.05, 4.69) is 10.6 Å². The molecule has 134 valence electrons. The van der Waals surface area contributed by atoms with Crippen LogP contribution in [0.2, 0.25) is 0 Å². The number of carbonyl (C=O) groups excluding carboxylic acids is 2. The van der Waals surface area contributed by atoms with Crippen molar-refractivity contribution >= 4 is 11.8 Å². The van der Waals surface area contributed by atoms with Crippen molar-refractivity contribution < 1.29 is 23.5 Å². The lowest BCUT2D eigenvalue weighted by Crippen LogP contribution is -2.38. The Labute approximate surface area is 149 Å². The summed E-state index contributed by atoms with van der Waals surface area (Å²) in [5.41, 5.74) is 1.85. The first-order valence-corrected chi connectivity index (χ1v) is 8.36. The number of carbonyl (C=O) groups is 2. The van der Waals surface area contributed by atoms with Gasteiger partial charge in [-0.3, -0.25) is 9.59 Å². The molecule has 2 N–H and O–H groups in total. The Morgan fingerprint density at radius 3 is 2.88 bits per heavy atom. The van der Waals surface area contributed by atoms with E-state index in [4.69, 9.17) is 9.47 Å². The fourth-order valence-corrected chi connectivity index (χ4v) is 3.31. The summed E-state index contributed by atoms with van der Waals surface area (Å²) in [5.74, 6) is 0.158. The molecule has 0 saturated heterocycles. The molecule has 6 nitrogen and oxygen atoms in total. The van der Waals surface area contributed by atoms with Crippen LogP contribution in [0.15, 0.2) is 36.4 Å². The van der Waals surface area contributed by atoms with Crippen LogP contribution in [0.1, 0.15) is 33.9 Å². The molecule has 2 aromatic rings. The molecule has 1 aliphatic heterocycles. The molecule has 0 aromatic heterocycles. The van der Waals surface area contributed by atoms with Crippen LogP contribution < -0.4 is 20.1 Å². The zero-order chi connectivity index (χ0) is 18.1. The van der Waals surface area contributed by atoms with Gasteiger partial charge in [0.1, 0.15) is 5.82 Å². The largest absolute Gasteiger partial charge is 0.454 e. The third-order valence-corrected chi connectivity index (χ3v) is 4.59. The molecular formula is C19H17FN2O4. The van der Waals surface area contributed by atoms with Crippen LogP contribution in [0.25, 0.3) is 0 Å². The zero-order valence-electron chi connectivity index (χ0n) is 13.9. The van der Waals surface area contributed by atoms with Crippen LogP contribution >= 0.6 is 0 Å². The maximum Gasteiger partial charge on any atom is 0.251 e. The quantitative estimate of drug-likeness (QED) is 0.880. The minimum absolute atomic E-state index is 0.131. The maximum absolute atomic E-state index is 13.7. The van der Waals surface area contributed by atoms with Gasteiger partial charge in [-0.05, 0) is 48.2 Å². The van der Waals surface area contributed by atoms with Gasteiger partial charge in [-0.15, -0.1) is 0 Å². The lowest BCUT2D eigenvalue weighted by Gasteiger charge is -2.14. The van der Waals surface area contributed by atoms with Crippen LogP contribution in [0.4, 0.5) is 4.39 Å². The van der Waals surface area contributed by atoms with E-state index < -0.39 is 0 Å². The Morgan fingerprint density at radius 2 is 2.00 bits per heavy atom. The molecule has 0 bridgehead atoms. The first-order chi connectivity index (χ1) is 12.6. The van der Waals surface area contributed by atoms with Crippen molar-refractivity contribution in [2.75, 3.05) is 13.3 Å². The molecule has 4 rings (SSSR count). The second kappa shape index (κ2) is 6.67. The molecule has 0 saturated carbocycles. The highest BCUT2D eigenvalue weighted by atomic mass is 19.1. The molecule has 2 aromatic carbocycles. The number of benzene rings is 2. The van der Waals surface area contributed by atoms with Gasteiger partial charge >= 0.3 is 0 Å². The first kappa shape index (κ1) is 16.4. The van der Waals surface area contributed by atoms with Crippen molar-refractivity contribution in [1.29, 1.82) is 0 Å². The summed E-state index contributed by atoms with van der Waals surface area (Å²) in [4.78, 5) is 24.3. The number of rotatable bonds is 4. The van der Waals surface area contributed by atoms with E-state index in [0.29, 0.717) is 35.5 Å². The highest BCUT2D eigenvalue weighted by molar-refractivity contribution is 5.97. The Morgan fingerprint density at radius 1 is 1.15 bits per heavy atom. The highest BCUT2D eigenvalue weighted by Crippen LogP contribution is 2.33. The topological polar surface area (TPSA) is 76.7 Å². The van der Waals surface area contributed by atoms with Gasteiger partial charge in [0, 0.05) is 5.56 Å². The fourth-order valence-electron chi connectivity index (χ4n) is 3.31. The van der Waals surface area contributed by atoms with E-state index in [-0.39, 0.29) is 37.0 Å². The Balaban J connectivity index is 1.34. The number of nitrogens with one attached hydrogen (secondary N) is 2. The Hall–Kier alpha value is -3.09. The average molecular weight is 356 g/mol. The SMILES string of the molecule is O=C(CNC(=O)c1ccc2c(c1)OCO2)NC1CCc2c(F)cccc21. The molecule has 7 heteroatoms. The summed E-state index contributed by atoms with van der Waals surface area (Å²) in [6.45, 7) is -0.0271. The van der Waals surface area contributed by atoms with E-state index >= 15 is 0 Å². The second-order valence-corrected chi connectivity index (χ2v) is 6.22. The van der Waals surface area contributed by atoms with E-state index in [9.17, 15) is 14.0 Å². The molecule has 1 unspecified atom stereocenters. The van der Waals surface area contributed by atoms with E-state index in [1.54, 1.807) is 24.3 Å². The summed E-state index contributed by atoms with van der Waals surface area (Å²) in [6, 6.07) is 9.50. The molecule has 1 heterocycles. The molecule has 26 heavy (non-hydrogen) atoms. The predicted octanol–water partition coefficient (Wildman–Crippen LogP) is 2.09. The van der Waals surface area contributed by atoms with Gasteiger partial charge in [0.2, 0.25) is 12.7 Å². The monoisotopic (exact) mass is 356 g/mol. The average Bonchev–Trinajstić information content (AvgIpc) is 3.27. The molecule has 0 spiro atoms. The van der Waals surface area contributed by atoms with E-state index in [0.717, 1.165) is 5.56 Å². The molecule has 0 radical (unpaired) electrons. The second-order valence-electron chi connectivity index (χ2n) is 6.22. The predicted molar refractivity (Wildman–Crippen MR) is 90.5 cm³/mol. The summed E-state index contributed by atoms with van der Waals surface area (Å²) < 4.78 is 24.2. The number of hydrogen-bond acceptors (Lipinski definition) is 4. The van der Waals surface area contributed by atoms with Crippen LogP contribution in [0, 0.1) is 5.82 Å². The molecule has 1 aliphatic carbocycles. The molecule has 0 fully saturated rings. The maximum atomic E-state index is 13.7. The van der Waals surface area contributed by atoms with Gasteiger partial charge in [-0.1, -0.05) is 12.1 Å². The molecule has 1 atom stereocenters. The van der Waals surface area contributed by atoms with Gasteiger partial charge < -0.3 is 20.1 Å². The van der Waals surface area contributed by atoms with Crippen LogP contribution in [0.3, 0.4) is 0 Å². The van der Waals surface area contributed by atoms with Gasteiger partial charge in [-0.25, -0.2) is 4.39 Å². The summed E-state index contributed by atoms with van der Waals surface area (Å²) in [7, 11) is 0. The van der Waals surface area contributed by atoms with Crippen LogP contribution in [-0.2, 0) is 11.2 Å².